The summed E-state index contributed by atoms with van der Waals surface area (Å²) in [6.07, 6.45) is 3.51. The van der Waals surface area contributed by atoms with Gasteiger partial charge in [-0.1, -0.05) is 29.4 Å². The lowest BCUT2D eigenvalue weighted by Crippen LogP contribution is -2.44. The molecule has 0 unspecified atom stereocenters. The summed E-state index contributed by atoms with van der Waals surface area (Å²) in [7, 11) is 0. The van der Waals surface area contributed by atoms with Crippen LogP contribution in [-0.2, 0) is 12.0 Å². The number of rotatable bonds is 4. The summed E-state index contributed by atoms with van der Waals surface area (Å²) < 4.78 is 5.26. The fourth-order valence-electron chi connectivity index (χ4n) is 2.34. The van der Waals surface area contributed by atoms with Gasteiger partial charge in [0.25, 0.3) is 0 Å². The third-order valence-electron chi connectivity index (χ3n) is 3.88. The van der Waals surface area contributed by atoms with Crippen molar-refractivity contribution in [2.45, 2.75) is 38.1 Å². The van der Waals surface area contributed by atoms with E-state index >= 15 is 0 Å². The molecule has 1 aromatic heterocycles. The van der Waals surface area contributed by atoms with Gasteiger partial charge in [0, 0.05) is 5.56 Å². The normalized spacial score (nSPS) is 15.9. The fourth-order valence-corrected chi connectivity index (χ4v) is 2.34. The molecule has 0 aliphatic heterocycles. The van der Waals surface area contributed by atoms with Crippen molar-refractivity contribution in [1.29, 1.82) is 0 Å². The van der Waals surface area contributed by atoms with Crippen LogP contribution >= 0.6 is 12.4 Å². The maximum atomic E-state index is 11.2. The zero-order chi connectivity index (χ0) is 14.2. The molecular formula is C15H18ClN3O2. The highest BCUT2D eigenvalue weighted by Crippen LogP contribution is 2.36. The summed E-state index contributed by atoms with van der Waals surface area (Å²) >= 11 is 0. The highest BCUT2D eigenvalue weighted by atomic mass is 35.5. The molecule has 5 nitrogen and oxygen atoms in total. The molecule has 1 fully saturated rings. The van der Waals surface area contributed by atoms with Gasteiger partial charge in [-0.05, 0) is 31.7 Å². The molecule has 2 N–H and O–H groups in total. The average molecular weight is 308 g/mol. The Kier molecular flexibility index (Phi) is 4.44. The molecule has 1 heterocycles. The molecule has 0 radical (unpaired) electrons. The molecule has 1 aromatic carbocycles. The van der Waals surface area contributed by atoms with Gasteiger partial charge in [-0.15, -0.1) is 12.4 Å². The molecule has 0 saturated heterocycles. The standard InChI is InChI=1S/C15H17N3O2.ClH/c1-10(19)12-5-3-11(4-6-12)9-13-17-14(18-20-13)15(16)7-2-8-15;/h3-6H,2,7-9,16H2,1H3;1H. The quantitative estimate of drug-likeness (QED) is 0.878. The second-order valence-corrected chi connectivity index (χ2v) is 5.45. The Labute approximate surface area is 129 Å². The number of hydrogen-bond acceptors (Lipinski definition) is 5. The van der Waals surface area contributed by atoms with Gasteiger partial charge in [0.1, 0.15) is 0 Å². The Morgan fingerprint density at radius 3 is 2.52 bits per heavy atom. The molecular weight excluding hydrogens is 290 g/mol. The van der Waals surface area contributed by atoms with Gasteiger partial charge in [-0.25, -0.2) is 0 Å². The first-order valence-corrected chi connectivity index (χ1v) is 6.79. The minimum Gasteiger partial charge on any atom is -0.339 e. The topological polar surface area (TPSA) is 82.0 Å². The van der Waals surface area contributed by atoms with E-state index in [1.54, 1.807) is 6.92 Å². The van der Waals surface area contributed by atoms with Crippen LogP contribution in [0.15, 0.2) is 28.8 Å². The number of carbonyl (C=O) groups is 1. The molecule has 2 aromatic rings. The Hall–Kier alpha value is -1.72. The second-order valence-electron chi connectivity index (χ2n) is 5.45. The lowest BCUT2D eigenvalue weighted by molar-refractivity contribution is 0.101. The van der Waals surface area contributed by atoms with Gasteiger partial charge in [-0.2, -0.15) is 4.98 Å². The Morgan fingerprint density at radius 1 is 1.33 bits per heavy atom. The second kappa shape index (κ2) is 5.95. The van der Waals surface area contributed by atoms with Crippen molar-refractivity contribution in [3.05, 3.63) is 47.1 Å². The van der Waals surface area contributed by atoms with E-state index in [4.69, 9.17) is 10.3 Å². The number of halogens is 1. The molecule has 112 valence electrons. The van der Waals surface area contributed by atoms with Crippen LogP contribution in [0, 0.1) is 0 Å². The number of benzene rings is 1. The first kappa shape index (κ1) is 15.7. The third kappa shape index (κ3) is 3.14. The van der Waals surface area contributed by atoms with E-state index in [0.29, 0.717) is 23.7 Å². The maximum Gasteiger partial charge on any atom is 0.231 e. The number of aromatic nitrogens is 2. The van der Waals surface area contributed by atoms with Crippen molar-refractivity contribution in [1.82, 2.24) is 10.1 Å². The van der Waals surface area contributed by atoms with E-state index < -0.39 is 0 Å². The maximum absolute atomic E-state index is 11.2. The van der Waals surface area contributed by atoms with Crippen molar-refractivity contribution in [3.8, 4) is 0 Å². The van der Waals surface area contributed by atoms with Crippen LogP contribution in [0.1, 0.15) is 53.8 Å². The van der Waals surface area contributed by atoms with Gasteiger partial charge >= 0.3 is 0 Å². The summed E-state index contributed by atoms with van der Waals surface area (Å²) in [5.74, 6) is 1.23. The summed E-state index contributed by atoms with van der Waals surface area (Å²) in [6.45, 7) is 1.55. The smallest absolute Gasteiger partial charge is 0.231 e. The van der Waals surface area contributed by atoms with Gasteiger partial charge in [0.15, 0.2) is 11.6 Å². The zero-order valence-corrected chi connectivity index (χ0v) is 12.7. The predicted octanol–water partition coefficient (Wildman–Crippen LogP) is 2.62. The van der Waals surface area contributed by atoms with E-state index in [9.17, 15) is 4.79 Å². The Balaban J connectivity index is 0.00000161. The van der Waals surface area contributed by atoms with E-state index in [1.165, 1.54) is 0 Å². The van der Waals surface area contributed by atoms with E-state index in [-0.39, 0.29) is 23.7 Å². The lowest BCUT2D eigenvalue weighted by Gasteiger charge is -2.34. The fraction of sp³-hybridized carbons (Fsp3) is 0.400. The summed E-state index contributed by atoms with van der Waals surface area (Å²) in [4.78, 5) is 15.6. The van der Waals surface area contributed by atoms with Gasteiger partial charge in [0.05, 0.1) is 12.0 Å². The van der Waals surface area contributed by atoms with Crippen molar-refractivity contribution in [3.63, 3.8) is 0 Å². The molecule has 1 saturated carbocycles. The van der Waals surface area contributed by atoms with Crippen LogP contribution in [0.3, 0.4) is 0 Å². The molecule has 0 spiro atoms. The largest absolute Gasteiger partial charge is 0.339 e. The van der Waals surface area contributed by atoms with E-state index in [0.717, 1.165) is 24.8 Å². The molecule has 6 heteroatoms. The molecule has 0 amide bonds. The van der Waals surface area contributed by atoms with Crippen LogP contribution in [0.25, 0.3) is 0 Å². The molecule has 3 rings (SSSR count). The van der Waals surface area contributed by atoms with Crippen LogP contribution < -0.4 is 5.73 Å². The number of ketones is 1. The van der Waals surface area contributed by atoms with E-state index in [2.05, 4.69) is 10.1 Å². The molecule has 1 aliphatic rings. The first-order valence-electron chi connectivity index (χ1n) is 6.79. The summed E-state index contributed by atoms with van der Waals surface area (Å²) in [5.41, 5.74) is 7.51. The van der Waals surface area contributed by atoms with Crippen LogP contribution in [0.4, 0.5) is 0 Å². The van der Waals surface area contributed by atoms with Gasteiger partial charge < -0.3 is 10.3 Å². The lowest BCUT2D eigenvalue weighted by atomic mass is 9.77. The number of nitrogens with two attached hydrogens (primary N) is 1. The third-order valence-corrected chi connectivity index (χ3v) is 3.88. The van der Waals surface area contributed by atoms with Gasteiger partial charge in [0.2, 0.25) is 5.89 Å². The Bertz CT molecular complexity index is 633. The SMILES string of the molecule is CC(=O)c1ccc(Cc2nc(C3(N)CCC3)no2)cc1.Cl. The monoisotopic (exact) mass is 307 g/mol. The minimum atomic E-state index is -0.389. The molecule has 1 aliphatic carbocycles. The van der Waals surface area contributed by atoms with Crippen molar-refractivity contribution in [2.75, 3.05) is 0 Å². The van der Waals surface area contributed by atoms with Crippen LogP contribution in [-0.4, -0.2) is 15.9 Å². The zero-order valence-electron chi connectivity index (χ0n) is 11.8. The van der Waals surface area contributed by atoms with Crippen LogP contribution in [0.5, 0.6) is 0 Å². The van der Waals surface area contributed by atoms with Crippen molar-refractivity contribution in [2.24, 2.45) is 5.73 Å². The highest BCUT2D eigenvalue weighted by Gasteiger charge is 2.38. The number of carbonyl (C=O) groups excluding carboxylic acids is 1. The minimum absolute atomic E-state index is 0. The van der Waals surface area contributed by atoms with Gasteiger partial charge in [-0.3, -0.25) is 4.79 Å². The summed E-state index contributed by atoms with van der Waals surface area (Å²) in [5, 5.41) is 3.99. The predicted molar refractivity (Wildman–Crippen MR) is 80.5 cm³/mol. The van der Waals surface area contributed by atoms with E-state index in [1.807, 2.05) is 24.3 Å². The Morgan fingerprint density at radius 2 is 2.00 bits per heavy atom. The number of hydrogen-bond donors (Lipinski definition) is 1. The number of Topliss-reactive ketones (excluding diaryl/α,β-unsaturated/α-hetero) is 1. The van der Waals surface area contributed by atoms with Crippen molar-refractivity contribution >= 4 is 18.2 Å². The average Bonchev–Trinajstić information content (AvgIpc) is 2.85. The van der Waals surface area contributed by atoms with Crippen molar-refractivity contribution < 1.29 is 9.32 Å². The first-order chi connectivity index (χ1) is 9.57. The van der Waals surface area contributed by atoms with Crippen LogP contribution in [0.2, 0.25) is 0 Å². The highest BCUT2D eigenvalue weighted by molar-refractivity contribution is 5.94. The molecule has 0 bridgehead atoms. The summed E-state index contributed by atoms with van der Waals surface area (Å²) in [6, 6.07) is 7.43. The number of nitrogens with zero attached hydrogens (tertiary/aromatic N) is 2. The molecule has 0 atom stereocenters. The molecule has 21 heavy (non-hydrogen) atoms.